The molecule has 0 aromatic heterocycles. The third-order valence-corrected chi connectivity index (χ3v) is 2.61. The van der Waals surface area contributed by atoms with Crippen LogP contribution in [-0.4, -0.2) is 10.8 Å². The monoisotopic (exact) mass is 227 g/mol. The Morgan fingerprint density at radius 3 is 2.60 bits per heavy atom. The van der Waals surface area contributed by atoms with E-state index in [9.17, 15) is 10.1 Å². The molecule has 1 aromatic carbocycles. The average molecular weight is 228 g/mol. The highest BCUT2D eigenvalue weighted by atomic mass is 35.5. The highest BCUT2D eigenvalue weighted by Gasteiger charge is 2.17. The summed E-state index contributed by atoms with van der Waals surface area (Å²) in [5.41, 5.74) is 1.86. The molecule has 0 bridgehead atoms. The van der Waals surface area contributed by atoms with E-state index in [0.717, 1.165) is 17.5 Å². The number of halogens is 1. The number of nitro benzene ring substituents is 1. The lowest BCUT2D eigenvalue weighted by Gasteiger charge is -2.05. The summed E-state index contributed by atoms with van der Waals surface area (Å²) in [6.07, 6.45) is 2.13. The number of aryl methyl sites for hydroxylation is 2. The van der Waals surface area contributed by atoms with E-state index in [0.29, 0.717) is 18.7 Å². The molecule has 0 aliphatic rings. The second-order valence-corrected chi connectivity index (χ2v) is 3.71. The second-order valence-electron chi connectivity index (χ2n) is 3.33. The topological polar surface area (TPSA) is 43.1 Å². The van der Waals surface area contributed by atoms with Gasteiger partial charge in [0, 0.05) is 17.0 Å². The van der Waals surface area contributed by atoms with Crippen LogP contribution in [0.1, 0.15) is 24.5 Å². The van der Waals surface area contributed by atoms with Gasteiger partial charge in [0.05, 0.1) is 4.92 Å². The van der Waals surface area contributed by atoms with E-state index in [1.807, 2.05) is 25.1 Å². The molecule has 1 rings (SSSR count). The second kappa shape index (κ2) is 5.71. The van der Waals surface area contributed by atoms with Crippen LogP contribution in [0, 0.1) is 10.1 Å². The Kier molecular flexibility index (Phi) is 4.56. The van der Waals surface area contributed by atoms with Crippen LogP contribution < -0.4 is 0 Å². The van der Waals surface area contributed by atoms with Gasteiger partial charge in [-0.25, -0.2) is 0 Å². The van der Waals surface area contributed by atoms with Gasteiger partial charge in [-0.15, -0.1) is 11.6 Å². The number of hydrogen-bond acceptors (Lipinski definition) is 2. The summed E-state index contributed by atoms with van der Waals surface area (Å²) in [5.74, 6) is 0.535. The molecule has 0 spiro atoms. The molecule has 3 nitrogen and oxygen atoms in total. The maximum atomic E-state index is 10.9. The van der Waals surface area contributed by atoms with Crippen LogP contribution in [0.5, 0.6) is 0 Å². The fourth-order valence-electron chi connectivity index (χ4n) is 1.62. The van der Waals surface area contributed by atoms with Crippen molar-refractivity contribution in [3.8, 4) is 0 Å². The van der Waals surface area contributed by atoms with Crippen LogP contribution in [0.4, 0.5) is 5.69 Å². The first-order valence-electron chi connectivity index (χ1n) is 5.01. The third kappa shape index (κ3) is 2.93. The molecule has 0 saturated heterocycles. The van der Waals surface area contributed by atoms with E-state index >= 15 is 0 Å². The van der Waals surface area contributed by atoms with E-state index in [1.165, 1.54) is 0 Å². The lowest BCUT2D eigenvalue weighted by Crippen LogP contribution is -2.00. The summed E-state index contributed by atoms with van der Waals surface area (Å²) < 4.78 is 0. The first-order chi connectivity index (χ1) is 7.20. The van der Waals surface area contributed by atoms with E-state index in [2.05, 4.69) is 0 Å². The number of rotatable bonds is 5. The van der Waals surface area contributed by atoms with Crippen LogP contribution in [0.2, 0.25) is 0 Å². The number of nitro groups is 1. The Bertz CT molecular complexity index is 352. The molecule has 4 heteroatoms. The minimum atomic E-state index is -0.289. The first kappa shape index (κ1) is 12.0. The molecular formula is C11H14ClNO2. The van der Waals surface area contributed by atoms with E-state index in [1.54, 1.807) is 0 Å². The highest BCUT2D eigenvalue weighted by Crippen LogP contribution is 2.25. The van der Waals surface area contributed by atoms with Crippen LogP contribution >= 0.6 is 11.6 Å². The maximum absolute atomic E-state index is 10.9. The SMILES string of the molecule is CCc1cccc(CCCCl)c1[N+](=O)[O-]. The Labute approximate surface area is 94.2 Å². The summed E-state index contributed by atoms with van der Waals surface area (Å²) >= 11 is 5.59. The van der Waals surface area contributed by atoms with Gasteiger partial charge in [-0.3, -0.25) is 10.1 Å². The quantitative estimate of drug-likeness (QED) is 0.440. The predicted octanol–water partition coefficient (Wildman–Crippen LogP) is 3.33. The molecule has 0 radical (unpaired) electrons. The molecular weight excluding hydrogens is 214 g/mol. The van der Waals surface area contributed by atoms with Crippen LogP contribution in [0.25, 0.3) is 0 Å². The first-order valence-corrected chi connectivity index (χ1v) is 5.55. The fourth-order valence-corrected chi connectivity index (χ4v) is 1.76. The van der Waals surface area contributed by atoms with Gasteiger partial charge in [0.2, 0.25) is 0 Å². The van der Waals surface area contributed by atoms with Crippen molar-refractivity contribution in [1.82, 2.24) is 0 Å². The van der Waals surface area contributed by atoms with Crippen LogP contribution in [0.15, 0.2) is 18.2 Å². The molecule has 82 valence electrons. The van der Waals surface area contributed by atoms with Crippen molar-refractivity contribution in [2.24, 2.45) is 0 Å². The number of alkyl halides is 1. The van der Waals surface area contributed by atoms with Gasteiger partial charge in [0.25, 0.3) is 5.69 Å². The molecule has 0 amide bonds. The highest BCUT2D eigenvalue weighted by molar-refractivity contribution is 6.17. The zero-order valence-electron chi connectivity index (χ0n) is 8.70. The Hall–Kier alpha value is -1.09. The number of benzene rings is 1. The van der Waals surface area contributed by atoms with Gasteiger partial charge in [0.15, 0.2) is 0 Å². The lowest BCUT2D eigenvalue weighted by molar-refractivity contribution is -0.386. The van der Waals surface area contributed by atoms with Crippen LogP contribution in [0.3, 0.4) is 0 Å². The van der Waals surface area contributed by atoms with Gasteiger partial charge in [-0.05, 0) is 19.3 Å². The summed E-state index contributed by atoms with van der Waals surface area (Å²) in [6, 6.07) is 5.49. The molecule has 0 saturated carbocycles. The molecule has 0 aliphatic carbocycles. The molecule has 0 heterocycles. The van der Waals surface area contributed by atoms with Gasteiger partial charge in [0.1, 0.15) is 0 Å². The minimum Gasteiger partial charge on any atom is -0.258 e. The van der Waals surface area contributed by atoms with Crippen molar-refractivity contribution in [2.45, 2.75) is 26.2 Å². The normalized spacial score (nSPS) is 10.3. The maximum Gasteiger partial charge on any atom is 0.275 e. The molecule has 0 fully saturated rings. The summed E-state index contributed by atoms with van der Waals surface area (Å²) in [7, 11) is 0. The van der Waals surface area contributed by atoms with Crippen LogP contribution in [-0.2, 0) is 12.8 Å². The van der Waals surface area contributed by atoms with Gasteiger partial charge >= 0.3 is 0 Å². The zero-order chi connectivity index (χ0) is 11.3. The van der Waals surface area contributed by atoms with Crippen molar-refractivity contribution < 1.29 is 4.92 Å². The summed E-state index contributed by atoms with van der Waals surface area (Å²) in [4.78, 5) is 10.6. The van der Waals surface area contributed by atoms with Gasteiger partial charge in [-0.2, -0.15) is 0 Å². The van der Waals surface area contributed by atoms with Crippen molar-refractivity contribution in [2.75, 3.05) is 5.88 Å². The Morgan fingerprint density at radius 2 is 2.07 bits per heavy atom. The largest absolute Gasteiger partial charge is 0.275 e. The van der Waals surface area contributed by atoms with E-state index < -0.39 is 0 Å². The molecule has 0 aliphatic heterocycles. The molecule has 0 unspecified atom stereocenters. The average Bonchev–Trinajstić information content (AvgIpc) is 2.25. The Balaban J connectivity index is 3.07. The third-order valence-electron chi connectivity index (χ3n) is 2.35. The number of nitrogens with zero attached hydrogens (tertiary/aromatic N) is 1. The van der Waals surface area contributed by atoms with Crippen molar-refractivity contribution >= 4 is 17.3 Å². The smallest absolute Gasteiger partial charge is 0.258 e. The van der Waals surface area contributed by atoms with Crippen molar-refractivity contribution in [3.63, 3.8) is 0 Å². The van der Waals surface area contributed by atoms with E-state index in [-0.39, 0.29) is 10.6 Å². The van der Waals surface area contributed by atoms with E-state index in [4.69, 9.17) is 11.6 Å². The van der Waals surface area contributed by atoms with Gasteiger partial charge in [-0.1, -0.05) is 25.1 Å². The van der Waals surface area contributed by atoms with Crippen molar-refractivity contribution in [3.05, 3.63) is 39.4 Å². The number of para-hydroxylation sites is 1. The molecule has 1 aromatic rings. The molecule has 0 atom stereocenters. The van der Waals surface area contributed by atoms with Crippen molar-refractivity contribution in [1.29, 1.82) is 0 Å². The molecule has 15 heavy (non-hydrogen) atoms. The van der Waals surface area contributed by atoms with Gasteiger partial charge < -0.3 is 0 Å². The Morgan fingerprint density at radius 1 is 1.40 bits per heavy atom. The number of hydrogen-bond donors (Lipinski definition) is 0. The zero-order valence-corrected chi connectivity index (χ0v) is 9.46. The summed E-state index contributed by atoms with van der Waals surface area (Å²) in [5, 5.41) is 10.9. The summed E-state index contributed by atoms with van der Waals surface area (Å²) in [6.45, 7) is 1.92. The predicted molar refractivity (Wildman–Crippen MR) is 61.5 cm³/mol. The molecule has 0 N–H and O–H groups in total. The standard InChI is InChI=1S/C11H14ClNO2/c1-2-9-5-3-6-10(7-4-8-12)11(9)13(14)15/h3,5-6H,2,4,7-8H2,1H3. The lowest BCUT2D eigenvalue weighted by atomic mass is 10.0. The minimum absolute atomic E-state index is 0.269. The fraction of sp³-hybridized carbons (Fsp3) is 0.455.